The van der Waals surface area contributed by atoms with Gasteiger partial charge in [0.25, 0.3) is 0 Å². The number of benzene rings is 3. The third-order valence-corrected chi connectivity index (χ3v) is 9.05. The van der Waals surface area contributed by atoms with Crippen LogP contribution in [0.15, 0.2) is 96.4 Å². The Hall–Kier alpha value is -5.02. The minimum atomic E-state index is -0.621. The number of hydrogen-bond acceptors (Lipinski definition) is 6. The summed E-state index contributed by atoms with van der Waals surface area (Å²) in [6.07, 6.45) is 9.13. The summed E-state index contributed by atoms with van der Waals surface area (Å²) in [5, 5.41) is 9.70. The average Bonchev–Trinajstić information content (AvgIpc) is 3.22. The fourth-order valence-corrected chi connectivity index (χ4v) is 6.25. The van der Waals surface area contributed by atoms with Crippen LogP contribution in [0.5, 0.6) is 5.75 Å². The van der Waals surface area contributed by atoms with Gasteiger partial charge in [-0.15, -0.1) is 0 Å². The third-order valence-electron chi connectivity index (χ3n) is 9.05. The largest absolute Gasteiger partial charge is 0.497 e. The van der Waals surface area contributed by atoms with Gasteiger partial charge >= 0.3 is 6.03 Å². The van der Waals surface area contributed by atoms with Crippen molar-refractivity contribution in [3.05, 3.63) is 102 Å². The van der Waals surface area contributed by atoms with Crippen molar-refractivity contribution in [3.8, 4) is 16.9 Å². The van der Waals surface area contributed by atoms with Gasteiger partial charge in [0.05, 0.1) is 36.8 Å². The van der Waals surface area contributed by atoms with Gasteiger partial charge in [0.2, 0.25) is 5.91 Å². The van der Waals surface area contributed by atoms with E-state index in [0.717, 1.165) is 65.1 Å². The summed E-state index contributed by atoms with van der Waals surface area (Å²) in [6.45, 7) is 4.12. The van der Waals surface area contributed by atoms with Crippen LogP contribution in [-0.2, 0) is 11.3 Å². The standard InChI is InChI=1S/C38H42N6O3/c1-25(2)35(39)37(45)41-30-14-16-31(17-15-30)44-34-20-13-28(29-10-7-21-40-23-29)22-33(34)36(27-8-5-4-6-9-27)42-43(38(44)46)24-26-11-18-32(47-3)19-12-26/h7,10-23,25,27,35H,4-6,8-9,24,39H2,1-3H3,(H,41,45). The van der Waals surface area contributed by atoms with Crippen LogP contribution >= 0.6 is 0 Å². The van der Waals surface area contributed by atoms with E-state index in [1.807, 2.05) is 80.7 Å². The number of amides is 3. The van der Waals surface area contributed by atoms with Crippen LogP contribution in [0.1, 0.15) is 57.1 Å². The van der Waals surface area contributed by atoms with E-state index < -0.39 is 6.04 Å². The number of carbonyl (C=O) groups excluding carboxylic acids is 2. The number of fused-ring (bicyclic) bond motifs is 1. The van der Waals surface area contributed by atoms with Crippen LogP contribution < -0.4 is 20.7 Å². The van der Waals surface area contributed by atoms with Crippen LogP contribution in [0.3, 0.4) is 0 Å². The molecule has 1 aliphatic carbocycles. The summed E-state index contributed by atoms with van der Waals surface area (Å²) in [4.78, 5) is 33.4. The van der Waals surface area contributed by atoms with E-state index in [1.54, 1.807) is 35.3 Å². The molecule has 47 heavy (non-hydrogen) atoms. The van der Waals surface area contributed by atoms with Crippen LogP contribution in [-0.4, -0.2) is 40.8 Å². The lowest BCUT2D eigenvalue weighted by Gasteiger charge is -2.27. The van der Waals surface area contributed by atoms with Crippen LogP contribution in [0.4, 0.5) is 21.9 Å². The lowest BCUT2D eigenvalue weighted by Crippen LogP contribution is -2.39. The second-order valence-electron chi connectivity index (χ2n) is 12.6. The van der Waals surface area contributed by atoms with Gasteiger partial charge in [0.1, 0.15) is 5.75 Å². The number of hydrazone groups is 1. The van der Waals surface area contributed by atoms with Gasteiger partial charge in [-0.1, -0.05) is 57.4 Å². The summed E-state index contributed by atoms with van der Waals surface area (Å²) < 4.78 is 5.37. The fraction of sp³-hybridized carbons (Fsp3) is 0.316. The second kappa shape index (κ2) is 14.2. The van der Waals surface area contributed by atoms with Gasteiger partial charge in [-0.05, 0) is 84.5 Å². The van der Waals surface area contributed by atoms with Gasteiger partial charge in [-0.3, -0.25) is 14.7 Å². The number of pyridine rings is 1. The summed E-state index contributed by atoms with van der Waals surface area (Å²) in [5.41, 5.74) is 12.9. The molecule has 9 heteroatoms. The molecule has 1 atom stereocenters. The van der Waals surface area contributed by atoms with Crippen molar-refractivity contribution in [2.75, 3.05) is 17.3 Å². The zero-order valence-electron chi connectivity index (χ0n) is 27.2. The summed E-state index contributed by atoms with van der Waals surface area (Å²) >= 11 is 0. The molecule has 1 aromatic heterocycles. The Bertz CT molecular complexity index is 1730. The van der Waals surface area contributed by atoms with Crippen molar-refractivity contribution >= 4 is 34.7 Å². The van der Waals surface area contributed by atoms with E-state index in [0.29, 0.717) is 17.9 Å². The lowest BCUT2D eigenvalue weighted by atomic mass is 9.82. The molecule has 0 spiro atoms. The molecule has 2 aliphatic rings. The molecule has 3 amide bonds. The molecular weight excluding hydrogens is 588 g/mol. The highest BCUT2D eigenvalue weighted by molar-refractivity contribution is 6.14. The molecule has 0 saturated heterocycles. The number of ether oxygens (including phenoxy) is 1. The van der Waals surface area contributed by atoms with Crippen LogP contribution in [0.2, 0.25) is 0 Å². The monoisotopic (exact) mass is 630 g/mol. The van der Waals surface area contributed by atoms with E-state index >= 15 is 0 Å². The highest BCUT2D eigenvalue weighted by Crippen LogP contribution is 2.40. The van der Waals surface area contributed by atoms with E-state index in [-0.39, 0.29) is 23.8 Å². The number of nitrogens with zero attached hydrogens (tertiary/aromatic N) is 4. The summed E-state index contributed by atoms with van der Waals surface area (Å²) in [7, 11) is 1.64. The minimum Gasteiger partial charge on any atom is -0.497 e. The van der Waals surface area contributed by atoms with E-state index in [2.05, 4.69) is 16.4 Å². The Balaban J connectivity index is 1.45. The highest BCUT2D eigenvalue weighted by atomic mass is 16.5. The Morgan fingerprint density at radius 2 is 1.72 bits per heavy atom. The zero-order chi connectivity index (χ0) is 32.9. The Kier molecular flexibility index (Phi) is 9.63. The maximum atomic E-state index is 14.7. The van der Waals surface area contributed by atoms with Crippen molar-refractivity contribution < 1.29 is 14.3 Å². The van der Waals surface area contributed by atoms with Gasteiger partial charge in [-0.2, -0.15) is 5.10 Å². The third kappa shape index (κ3) is 7.05. The number of hydrogen-bond donors (Lipinski definition) is 2. The van der Waals surface area contributed by atoms with Crippen molar-refractivity contribution in [2.45, 2.75) is 58.5 Å². The summed E-state index contributed by atoms with van der Waals surface area (Å²) in [6, 6.07) is 24.3. The SMILES string of the molecule is COc1ccc(CN2N=C(C3CCCCC3)c3cc(-c4cccnc4)ccc3N(c3ccc(NC(=O)C(N)C(C)C)cc3)C2=O)cc1. The van der Waals surface area contributed by atoms with Crippen LogP contribution in [0, 0.1) is 11.8 Å². The molecule has 3 N–H and O–H groups in total. The number of urea groups is 1. The molecule has 1 fully saturated rings. The summed E-state index contributed by atoms with van der Waals surface area (Å²) in [5.74, 6) is 0.733. The highest BCUT2D eigenvalue weighted by Gasteiger charge is 2.34. The second-order valence-corrected chi connectivity index (χ2v) is 12.6. The molecule has 1 unspecified atom stereocenters. The van der Waals surface area contributed by atoms with Crippen LogP contribution in [0.25, 0.3) is 11.1 Å². The predicted molar refractivity (Wildman–Crippen MR) is 187 cm³/mol. The first-order chi connectivity index (χ1) is 22.8. The average molecular weight is 631 g/mol. The zero-order valence-corrected chi connectivity index (χ0v) is 27.2. The number of aromatic nitrogens is 1. The molecule has 9 nitrogen and oxygen atoms in total. The molecule has 4 aromatic rings. The molecular formula is C38H42N6O3. The van der Waals surface area contributed by atoms with Gasteiger partial charge in [0.15, 0.2) is 0 Å². The van der Waals surface area contributed by atoms with Gasteiger partial charge in [0, 0.05) is 35.1 Å². The molecule has 6 rings (SSSR count). The normalized spacial score (nSPS) is 15.9. The molecule has 2 heterocycles. The van der Waals surface area contributed by atoms with Crippen molar-refractivity contribution in [3.63, 3.8) is 0 Å². The number of nitrogens with two attached hydrogens (primary N) is 1. The predicted octanol–water partition coefficient (Wildman–Crippen LogP) is 7.74. The maximum Gasteiger partial charge on any atom is 0.349 e. The number of methoxy groups -OCH3 is 1. The lowest BCUT2D eigenvalue weighted by molar-refractivity contribution is -0.118. The van der Waals surface area contributed by atoms with Gasteiger partial charge in [-0.25, -0.2) is 9.80 Å². The Morgan fingerprint density at radius 1 is 0.979 bits per heavy atom. The molecule has 242 valence electrons. The molecule has 3 aromatic carbocycles. The number of anilines is 3. The van der Waals surface area contributed by atoms with Crippen molar-refractivity contribution in [2.24, 2.45) is 22.7 Å². The quantitative estimate of drug-likeness (QED) is 0.196. The minimum absolute atomic E-state index is 0.00657. The topological polar surface area (TPSA) is 113 Å². The maximum absolute atomic E-state index is 14.7. The van der Waals surface area contributed by atoms with Gasteiger partial charge < -0.3 is 15.8 Å². The number of rotatable bonds is 9. The number of nitrogens with one attached hydrogen (secondary N) is 1. The first-order valence-corrected chi connectivity index (χ1v) is 16.4. The van der Waals surface area contributed by atoms with Crippen molar-refractivity contribution in [1.82, 2.24) is 9.99 Å². The smallest absolute Gasteiger partial charge is 0.349 e. The molecule has 1 saturated carbocycles. The van der Waals surface area contributed by atoms with Crippen molar-refractivity contribution in [1.29, 1.82) is 0 Å². The van der Waals surface area contributed by atoms with E-state index in [9.17, 15) is 9.59 Å². The first kappa shape index (κ1) is 31.9. The fourth-order valence-electron chi connectivity index (χ4n) is 6.25. The van der Waals surface area contributed by atoms with E-state index in [1.165, 1.54) is 6.42 Å². The Morgan fingerprint density at radius 3 is 2.38 bits per heavy atom. The first-order valence-electron chi connectivity index (χ1n) is 16.4. The number of carbonyl (C=O) groups is 2. The molecule has 0 bridgehead atoms. The Labute approximate surface area is 276 Å². The van der Waals surface area contributed by atoms with E-state index in [4.69, 9.17) is 15.6 Å². The molecule has 0 radical (unpaired) electrons. The molecule has 1 aliphatic heterocycles.